The summed E-state index contributed by atoms with van der Waals surface area (Å²) in [6.45, 7) is 18.8. The summed E-state index contributed by atoms with van der Waals surface area (Å²) in [6.07, 6.45) is -0.408. The Labute approximate surface area is 787 Å². The van der Waals surface area contributed by atoms with Crippen molar-refractivity contribution in [2.75, 3.05) is 48.2 Å². The maximum absolute atomic E-state index is 14.1. The number of allylic oxidation sites excluding steroid dienone is 6. The number of hydrogen-bond acceptors (Lipinski definition) is 28. The minimum atomic E-state index is -5.30. The fourth-order valence-electron chi connectivity index (χ4n) is 20.0. The number of aliphatic hydroxyl groups excluding tert-OH is 2. The van der Waals surface area contributed by atoms with Gasteiger partial charge in [-0.1, -0.05) is 40.7 Å². The van der Waals surface area contributed by atoms with Gasteiger partial charge < -0.3 is 107 Å². The Morgan fingerprint density at radius 3 is 2.00 bits per heavy atom. The van der Waals surface area contributed by atoms with E-state index in [4.69, 9.17) is 86.8 Å². The topological polar surface area (TPSA) is 597 Å². The molecular weight excluding hydrogens is 1800 g/mol. The van der Waals surface area contributed by atoms with Crippen LogP contribution in [0.4, 0.5) is 0 Å². The van der Waals surface area contributed by atoms with Gasteiger partial charge in [-0.15, -0.1) is 0 Å². The number of phosphoric ester groups is 1. The van der Waals surface area contributed by atoms with Crippen molar-refractivity contribution in [2.45, 2.75) is 221 Å². The van der Waals surface area contributed by atoms with E-state index in [9.17, 15) is 67.6 Å². The third kappa shape index (κ3) is 22.6. The number of fused-ring (bicyclic) bond motifs is 10. The van der Waals surface area contributed by atoms with Crippen molar-refractivity contribution >= 4 is 94.9 Å². The molecule has 3 unspecified atom stereocenters. The first-order valence-corrected chi connectivity index (χ1v) is 45.9. The van der Waals surface area contributed by atoms with Gasteiger partial charge in [-0.05, 0) is 192 Å². The summed E-state index contributed by atoms with van der Waals surface area (Å²) in [5.74, 6) is -6.31. The summed E-state index contributed by atoms with van der Waals surface area (Å²) in [7, 11) is 0.780. The van der Waals surface area contributed by atoms with Crippen LogP contribution in [0.5, 0.6) is 28.7 Å². The summed E-state index contributed by atoms with van der Waals surface area (Å²) in [5, 5.41) is 35.2. The summed E-state index contributed by atoms with van der Waals surface area (Å²) in [5.41, 5.74) is 44.3. The maximum atomic E-state index is 14.1. The van der Waals surface area contributed by atoms with Crippen LogP contribution in [0.15, 0.2) is 127 Å². The van der Waals surface area contributed by atoms with E-state index in [1.54, 1.807) is 71.4 Å². The molecule has 12 rings (SSSR count). The van der Waals surface area contributed by atoms with Crippen LogP contribution in [0.2, 0.25) is 0 Å². The van der Waals surface area contributed by atoms with Crippen molar-refractivity contribution in [1.29, 1.82) is 0 Å². The van der Waals surface area contributed by atoms with Gasteiger partial charge in [0.15, 0.2) is 30.1 Å². The Morgan fingerprint density at radius 1 is 0.746 bits per heavy atom. The Bertz CT molecular complexity index is 5720. The molecule has 6 aliphatic heterocycles. The Kier molecular flexibility index (Phi) is 33.9. The number of nitrogens with two attached hydrogens (primary N) is 6. The minimum Gasteiger partial charge on any atom is -0.756 e. The molecule has 0 spiro atoms. The number of aromatic nitrogens is 2. The molecule has 8 bridgehead atoms. The summed E-state index contributed by atoms with van der Waals surface area (Å²) >= 11 is 0. The zero-order chi connectivity index (χ0) is 97.4. The average Bonchev–Trinajstić information content (AvgIpc) is 1.53. The molecule has 5 aromatic rings. The summed E-state index contributed by atoms with van der Waals surface area (Å²) < 4.78 is 59.9. The van der Waals surface area contributed by atoms with Crippen LogP contribution in [0.25, 0.3) is 22.2 Å². The van der Waals surface area contributed by atoms with E-state index in [0.717, 1.165) is 34.2 Å². The first kappa shape index (κ1) is 105. The van der Waals surface area contributed by atoms with Gasteiger partial charge in [-0.25, -0.2) is 10.4 Å². The fraction of sp³-hybridized carbons (Fsp3) is 0.521. The number of carbonyl (C=O) groups is 9. The van der Waals surface area contributed by atoms with E-state index in [2.05, 4.69) is 31.5 Å². The number of aryl methyl sites for hydroxylation is 3. The number of methoxy groups -OCH3 is 4. The van der Waals surface area contributed by atoms with Crippen molar-refractivity contribution in [3.8, 4) is 39.9 Å². The van der Waals surface area contributed by atoms with Gasteiger partial charge in [0.2, 0.25) is 58.4 Å². The predicted molar refractivity (Wildman–Crippen MR) is 493 cm³/mol. The van der Waals surface area contributed by atoms with Gasteiger partial charge in [0.05, 0.1) is 87.5 Å². The molecule has 7 aliphatic rings. The average molecular weight is 1920 g/mol. The Balaban J connectivity index is 0.000000339. The first-order valence-electron chi connectivity index (χ1n) is 44.4. The van der Waals surface area contributed by atoms with Gasteiger partial charge in [0.1, 0.15) is 24.1 Å². The first-order chi connectivity index (χ1) is 62.8. The number of nitrogens with one attached hydrogen (secondary N) is 4. The molecule has 0 saturated carbocycles. The van der Waals surface area contributed by atoms with E-state index in [1.165, 1.54) is 38.1 Å². The summed E-state index contributed by atoms with van der Waals surface area (Å²) in [4.78, 5) is 165. The number of phosphoric acid groups is 1. The molecule has 2 fully saturated rings. The van der Waals surface area contributed by atoms with Gasteiger partial charge in [0, 0.05) is 155 Å². The normalized spacial score (nSPS) is 26.7. The SMILES string of the molecule is C/C1=C2N=C(/C=C3\N/C(=C\C4=NC([C@H](CC(N)=O)[C@H]4CCC(=O)NC[C@@H](C)OP(=O)([O-])O[C@H]4[C@@H](O)[C@@H](n5cnc6cc(C)c(C)cc65)O[C@@H]4CO)C4(C)N=C1[C@@H](CCC(N)=O)[C@]4(C)CC(N)=O)[C@@H](CCC(N)=O)C3(C)C)[C@@H](CCC(N)=O)[C@]/2(C)CC(N)=O.CCCC(=O)N/N=C(\C)c1ccc(OCC(=O)N[C@H]2CCc3cc(OC)c(OC)c(OC)c3-c3ccc(OC)c(=O)cc32)cc1.[Co]. The van der Waals surface area contributed by atoms with E-state index in [0.29, 0.717) is 110 Å². The number of nitrogens with zero attached hydrogens (tertiary/aromatic N) is 6. The van der Waals surface area contributed by atoms with Crippen molar-refractivity contribution in [3.05, 3.63) is 140 Å². The molecular formula is C94H124CoN16O22P-. The van der Waals surface area contributed by atoms with Crippen LogP contribution in [-0.4, -0.2) is 180 Å². The second-order valence-corrected chi connectivity index (χ2v) is 37.7. The van der Waals surface area contributed by atoms with Gasteiger partial charge in [-0.3, -0.25) is 67.5 Å². The van der Waals surface area contributed by atoms with Crippen LogP contribution in [-0.2, 0) is 84.7 Å². The molecule has 134 heavy (non-hydrogen) atoms. The van der Waals surface area contributed by atoms with E-state index < -0.39 is 150 Å². The number of hydrogen-bond donors (Lipinski definition) is 12. The van der Waals surface area contributed by atoms with Crippen LogP contribution in [0.3, 0.4) is 0 Å². The number of carbonyl (C=O) groups excluding carboxylic acids is 9. The molecule has 1 radical (unpaired) electrons. The minimum absolute atomic E-state index is 0. The molecule has 40 heteroatoms. The fourth-order valence-corrected chi connectivity index (χ4v) is 21.1. The number of aliphatic imine (C=N–C) groups is 3. The second kappa shape index (κ2) is 43.4. The summed E-state index contributed by atoms with van der Waals surface area (Å²) in [6, 6.07) is 16.1. The number of rotatable bonds is 38. The van der Waals surface area contributed by atoms with Gasteiger partial charge in [0.25, 0.3) is 13.7 Å². The number of hydrazone groups is 1. The molecule has 727 valence electrons. The van der Waals surface area contributed by atoms with Crippen molar-refractivity contribution in [3.63, 3.8) is 0 Å². The molecule has 1 aromatic heterocycles. The standard InChI is InChI=1S/C60H86N13O14P.C34H39N3O8.Co/c1-28-18-40-41(19-29(28)2)73(27-68-40)56-52(82)53(42(26-74)85-56)87-88(83,84)86-30(3)25-67-50(81)17-10-32-33(20-47(64)78)55-60(9)59(8,24-49(66)80)36(13-16-46(63)77)51(72-60)31(4)54-58(7,23-48(65)79)35(12-15-45(62)76)39(71-54)22-43-57(5,6)34(11-14-44(61)75)38(69-43)21-37(32)70-55;1-7-8-30(39)37-36-20(2)21-9-12-23(13-10-21)45-19-31(40)35-26-15-11-22-17-29(42-4)33(43-5)34(44-6)32(22)24-14-16-28(41-3)27(38)18-25(24)26;/h18-19,21-22,27,30,32-36,42,52-53,55-56,69,74,82H,10-17,20,23-26H2,1-9H3,(H2,61,75)(H2,62,76)(H2,63,77)(H2,64,78)(H2,65,79)(H2,66,80)(H,67,81)(H,83,84);9-10,12-14,16-18,26H,7-8,11,15,19H2,1-6H3,(H,35,40)(H,37,39);/p-1/b38-21-,43-22-,54-31-;36-20+;/t30-,32-,33-,34-,35-,36-,42-,52-,53-,55?,56+,58+,59+,60?;26-;/m10./s1. The molecule has 38 nitrogen and oxygen atoms in total. The molecule has 2 saturated heterocycles. The molecule has 1 aliphatic carbocycles. The number of aliphatic hydroxyl groups is 2. The van der Waals surface area contributed by atoms with Crippen molar-refractivity contribution < 1.29 is 117 Å². The second-order valence-electron chi connectivity index (χ2n) is 36.4. The van der Waals surface area contributed by atoms with Crippen LogP contribution in [0.1, 0.15) is 192 Å². The number of primary amides is 6. The van der Waals surface area contributed by atoms with Gasteiger partial charge in [-0.2, -0.15) is 5.10 Å². The van der Waals surface area contributed by atoms with Crippen LogP contribution < -0.4 is 89.8 Å². The quantitative estimate of drug-likeness (QED) is 0.0117. The molecule has 4 aromatic carbocycles. The van der Waals surface area contributed by atoms with E-state index in [1.807, 2.05) is 78.8 Å². The number of benzene rings is 3. The maximum Gasteiger partial charge on any atom is 0.268 e. The van der Waals surface area contributed by atoms with Crippen molar-refractivity contribution in [1.82, 2.24) is 30.9 Å². The molecule has 16 atom stereocenters. The third-order valence-electron chi connectivity index (χ3n) is 27.1. The van der Waals surface area contributed by atoms with Crippen LogP contribution in [0, 0.1) is 59.7 Å². The Morgan fingerprint density at radius 2 is 1.39 bits per heavy atom. The smallest absolute Gasteiger partial charge is 0.268 e. The monoisotopic (exact) mass is 1920 g/mol. The largest absolute Gasteiger partial charge is 0.756 e. The number of imidazole rings is 1. The van der Waals surface area contributed by atoms with E-state index >= 15 is 0 Å². The number of ether oxygens (including phenoxy) is 6. The van der Waals surface area contributed by atoms with Gasteiger partial charge >= 0.3 is 0 Å². The predicted octanol–water partition coefficient (Wildman–Crippen LogP) is 6.32. The van der Waals surface area contributed by atoms with E-state index in [-0.39, 0.29) is 124 Å². The molecule has 18 N–H and O–H groups in total. The van der Waals surface area contributed by atoms with Crippen molar-refractivity contribution in [2.24, 2.45) is 100 Å². The van der Waals surface area contributed by atoms with Crippen LogP contribution >= 0.6 is 7.82 Å². The zero-order valence-corrected chi connectivity index (χ0v) is 80.1. The zero-order valence-electron chi connectivity index (χ0n) is 78.1. The molecule has 7 heterocycles. The number of amides is 9. The Hall–Kier alpha value is -11.6. The third-order valence-corrected chi connectivity index (χ3v) is 28.2. The molecule has 9 amide bonds.